The van der Waals surface area contributed by atoms with Gasteiger partial charge in [-0.1, -0.05) is 42.1 Å². The summed E-state index contributed by atoms with van der Waals surface area (Å²) in [6, 6.07) is 17.7. The number of benzene rings is 2. The summed E-state index contributed by atoms with van der Waals surface area (Å²) in [7, 11) is 0. The highest BCUT2D eigenvalue weighted by Gasteiger charge is 2.33. The van der Waals surface area contributed by atoms with Crippen LogP contribution in [0, 0.1) is 0 Å². The summed E-state index contributed by atoms with van der Waals surface area (Å²) >= 11 is 0. The molecular weight excluding hydrogens is 1090 g/mol. The minimum absolute atomic E-state index is 0. The maximum Gasteiger partial charge on any atom is 0.227 e. The zero-order valence-corrected chi connectivity index (χ0v) is 50.4. The molecule has 86 heavy (non-hydrogen) atoms. The molecule has 0 amide bonds. The van der Waals surface area contributed by atoms with Gasteiger partial charge in [0.2, 0.25) is 11.9 Å². The van der Waals surface area contributed by atoms with Crippen LogP contribution >= 0.6 is 0 Å². The third-order valence-corrected chi connectivity index (χ3v) is 15.4. The fourth-order valence-electron chi connectivity index (χ4n) is 10.3. The van der Waals surface area contributed by atoms with Crippen molar-refractivity contribution in [2.75, 3.05) is 50.2 Å². The maximum atomic E-state index is 13.4. The molecule has 0 bridgehead atoms. The van der Waals surface area contributed by atoms with Crippen LogP contribution in [0.2, 0.25) is 0 Å². The number of aromatic nitrogens is 14. The van der Waals surface area contributed by atoms with Crippen molar-refractivity contribution in [1.29, 1.82) is 0 Å². The van der Waals surface area contributed by atoms with Gasteiger partial charge in [-0.2, -0.15) is 10.2 Å². The highest BCUT2D eigenvalue weighted by Crippen LogP contribution is 2.37. The standard InChI is InChI=1S/C31H39N9O2.C28H35N9O.C3H4O2.CH4/c1-20(2)39-16-24(14-33-39)34-30-32-10-8-27(35-30)22-6-7-26-21(9-11-38(15-23(26)12-22)25-18-42-19-25)13-29(41)28-17-40(37-36-28)31(3,4)5;1-18(2)36-16-22(15-31-36)32-27-30-11-9-24(33-27)20-6-7-23-19(8-10-29-14-21(23)12-20)13-26(38)25-17-37(35-34-25)28(3,4)5;4-3-1-5-2-3;/h6-8,10,12,14,16-17,20-21,25H,9,11,13,15,18-19H2,1-5H3,(H,32,34,35);6-7,9,11-12,15-19,29H,8,10,13-14H2,1-5H3,(H,30,32,33);1-2H2;1H4/t21-;19-;;/m00../s1. The summed E-state index contributed by atoms with van der Waals surface area (Å²) in [6.07, 6.45) is 17.1. The second-order valence-corrected chi connectivity index (χ2v) is 24.7. The van der Waals surface area contributed by atoms with Crippen LogP contribution in [0.5, 0.6) is 0 Å². The van der Waals surface area contributed by atoms with Crippen molar-refractivity contribution in [3.05, 3.63) is 132 Å². The molecule has 23 heteroatoms. The smallest absolute Gasteiger partial charge is 0.227 e. The minimum Gasteiger partial charge on any atom is -0.378 e. The van der Waals surface area contributed by atoms with Crippen molar-refractivity contribution >= 4 is 40.6 Å². The number of ketones is 3. The summed E-state index contributed by atoms with van der Waals surface area (Å²) in [5.74, 6) is 1.50. The number of hydrogen-bond donors (Lipinski definition) is 3. The summed E-state index contributed by atoms with van der Waals surface area (Å²) in [6.45, 7) is 26.1. The van der Waals surface area contributed by atoms with Crippen LogP contribution in [0.4, 0.5) is 23.3 Å². The highest BCUT2D eigenvalue weighted by atomic mass is 16.5. The van der Waals surface area contributed by atoms with Crippen molar-refractivity contribution in [3.8, 4) is 22.5 Å². The molecule has 4 aliphatic heterocycles. The molecule has 12 rings (SSSR count). The molecule has 2 aromatic carbocycles. The van der Waals surface area contributed by atoms with E-state index in [1.807, 2.05) is 75.4 Å². The lowest BCUT2D eigenvalue weighted by Crippen LogP contribution is -2.48. The molecular formula is C63H82N18O5. The van der Waals surface area contributed by atoms with E-state index in [-0.39, 0.29) is 59.8 Å². The number of rotatable bonds is 15. The van der Waals surface area contributed by atoms with Gasteiger partial charge in [0.15, 0.2) is 17.3 Å². The second kappa shape index (κ2) is 27.0. The SMILES string of the molecule is C.CC(C)n1cc(Nc2nccc(-c3ccc4c(c3)CN(C3COC3)CC[C@H]4CC(=O)c3cn(C(C)(C)C)nn3)n2)cn1.CC(C)n1cc(Nc2nccc(-c3ccc4c(c3)CNCC[C@H]4CC(=O)c3cn(C(C)(C)C)nn3)n2)cn1.O=C1COC1. The van der Waals surface area contributed by atoms with Gasteiger partial charge in [-0.05, 0) is 154 Å². The number of ether oxygens (including phenoxy) is 2. The molecule has 4 aliphatic rings. The predicted molar refractivity (Wildman–Crippen MR) is 329 cm³/mol. The number of carbonyl (C=O) groups is 3. The summed E-state index contributed by atoms with van der Waals surface area (Å²) in [5, 5.41) is 35.5. The average molecular weight is 1170 g/mol. The maximum absolute atomic E-state index is 13.4. The fraction of sp³-hybridized carbons (Fsp3) is 0.476. The monoisotopic (exact) mass is 1170 g/mol. The Kier molecular flexibility index (Phi) is 19.5. The molecule has 3 N–H and O–H groups in total. The summed E-state index contributed by atoms with van der Waals surface area (Å²) < 4.78 is 17.3. The van der Waals surface area contributed by atoms with Crippen LogP contribution in [0.1, 0.15) is 169 Å². The van der Waals surface area contributed by atoms with Crippen LogP contribution in [-0.2, 0) is 38.4 Å². The van der Waals surface area contributed by atoms with E-state index in [1.165, 1.54) is 22.3 Å². The predicted octanol–water partition coefficient (Wildman–Crippen LogP) is 10.1. The van der Waals surface area contributed by atoms with Crippen LogP contribution in [0.3, 0.4) is 0 Å². The van der Waals surface area contributed by atoms with Crippen LogP contribution in [-0.4, -0.2) is 137 Å². The average Bonchev–Trinajstić information content (AvgIpc) is 2.18. The molecule has 0 unspecified atom stereocenters. The van der Waals surface area contributed by atoms with Gasteiger partial charge in [0.05, 0.1) is 77.9 Å². The van der Waals surface area contributed by atoms with Gasteiger partial charge >= 0.3 is 0 Å². The first-order valence-electron chi connectivity index (χ1n) is 29.3. The van der Waals surface area contributed by atoms with Gasteiger partial charge in [-0.25, -0.2) is 29.3 Å². The molecule has 8 aromatic rings. The molecule has 10 heterocycles. The Hall–Kier alpha value is -8.25. The van der Waals surface area contributed by atoms with Crippen LogP contribution in [0.15, 0.2) is 98.1 Å². The lowest BCUT2D eigenvalue weighted by molar-refractivity contribution is -0.140. The molecule has 0 aliphatic carbocycles. The molecule has 2 fully saturated rings. The Bertz CT molecular complexity index is 3610. The van der Waals surface area contributed by atoms with Crippen molar-refractivity contribution in [1.82, 2.24) is 79.7 Å². The van der Waals surface area contributed by atoms with Gasteiger partial charge in [0.25, 0.3) is 0 Å². The minimum atomic E-state index is -0.228. The second-order valence-electron chi connectivity index (χ2n) is 24.7. The zero-order valence-electron chi connectivity index (χ0n) is 50.4. The van der Waals surface area contributed by atoms with Crippen molar-refractivity contribution in [2.24, 2.45) is 0 Å². The van der Waals surface area contributed by atoms with Crippen molar-refractivity contribution < 1.29 is 23.9 Å². The third kappa shape index (κ3) is 15.4. The molecule has 6 aromatic heterocycles. The van der Waals surface area contributed by atoms with E-state index in [0.717, 1.165) is 86.1 Å². The number of nitrogens with one attached hydrogen (secondary N) is 3. The van der Waals surface area contributed by atoms with Gasteiger partial charge < -0.3 is 25.4 Å². The molecule has 2 saturated heterocycles. The Morgan fingerprint density at radius 1 is 0.663 bits per heavy atom. The lowest BCUT2D eigenvalue weighted by atomic mass is 9.87. The Balaban J connectivity index is 0.000000188. The van der Waals surface area contributed by atoms with E-state index in [2.05, 4.69) is 130 Å². The summed E-state index contributed by atoms with van der Waals surface area (Å²) in [5.41, 5.74) is 10.6. The van der Waals surface area contributed by atoms with E-state index in [0.29, 0.717) is 55.4 Å². The fourth-order valence-corrected chi connectivity index (χ4v) is 10.3. The topological polar surface area (TPSA) is 258 Å². The molecule has 2 atom stereocenters. The number of fused-ring (bicyclic) bond motifs is 2. The van der Waals surface area contributed by atoms with E-state index in [9.17, 15) is 14.4 Å². The third-order valence-electron chi connectivity index (χ3n) is 15.4. The van der Waals surface area contributed by atoms with Crippen molar-refractivity contribution in [2.45, 2.75) is 156 Å². The molecule has 23 nitrogen and oxygen atoms in total. The van der Waals surface area contributed by atoms with E-state index < -0.39 is 0 Å². The van der Waals surface area contributed by atoms with Gasteiger partial charge in [0.1, 0.15) is 24.6 Å². The normalized spacial score (nSPS) is 17.0. The largest absolute Gasteiger partial charge is 0.378 e. The first-order valence-corrected chi connectivity index (χ1v) is 29.3. The summed E-state index contributed by atoms with van der Waals surface area (Å²) in [4.78, 5) is 57.2. The highest BCUT2D eigenvalue weighted by molar-refractivity contribution is 5.95. The number of carbonyl (C=O) groups excluding carboxylic acids is 3. The Morgan fingerprint density at radius 2 is 1.15 bits per heavy atom. The first-order chi connectivity index (χ1) is 40.7. The van der Waals surface area contributed by atoms with Gasteiger partial charge in [-0.15, -0.1) is 10.2 Å². The number of hydrogen-bond acceptors (Lipinski definition) is 19. The number of Topliss-reactive ketones (excluding diaryl/α,β-unsaturated/α-hetero) is 3. The van der Waals surface area contributed by atoms with E-state index in [1.54, 1.807) is 46.5 Å². The Morgan fingerprint density at radius 3 is 1.58 bits per heavy atom. The lowest BCUT2D eigenvalue weighted by Gasteiger charge is -2.36. The van der Waals surface area contributed by atoms with Gasteiger partial charge in [-0.3, -0.25) is 28.6 Å². The number of nitrogens with zero attached hydrogens (tertiary/aromatic N) is 15. The molecule has 0 radical (unpaired) electrons. The zero-order chi connectivity index (χ0) is 60.0. The Labute approximate surface area is 503 Å². The number of anilines is 4. The molecule has 454 valence electrons. The first kappa shape index (κ1) is 62.3. The molecule has 0 saturated carbocycles. The van der Waals surface area contributed by atoms with Crippen LogP contribution in [0.25, 0.3) is 22.5 Å². The van der Waals surface area contributed by atoms with E-state index in [4.69, 9.17) is 14.7 Å². The quantitative estimate of drug-likeness (QED) is 0.0806. The van der Waals surface area contributed by atoms with Crippen molar-refractivity contribution in [3.63, 3.8) is 0 Å². The van der Waals surface area contributed by atoms with Crippen LogP contribution < -0.4 is 16.0 Å². The van der Waals surface area contributed by atoms with Gasteiger partial charge in [0, 0.05) is 73.9 Å². The molecule has 0 spiro atoms. The van der Waals surface area contributed by atoms with E-state index >= 15 is 0 Å².